The number of imide groups is 1. The van der Waals surface area contributed by atoms with E-state index in [1.165, 1.54) is 0 Å². The van der Waals surface area contributed by atoms with Crippen molar-refractivity contribution in [1.29, 1.82) is 0 Å². The van der Waals surface area contributed by atoms with Crippen molar-refractivity contribution in [2.45, 2.75) is 6.54 Å². The van der Waals surface area contributed by atoms with Crippen LogP contribution in [0, 0.1) is 0 Å². The normalized spacial score (nSPS) is 14.6. The molecular weight excluding hydrogens is 335 g/mol. The molecule has 2 amide bonds. The molecule has 0 unspecified atom stereocenters. The molecule has 1 aliphatic heterocycles. The summed E-state index contributed by atoms with van der Waals surface area (Å²) in [6.45, 7) is 0.144. The smallest absolute Gasteiger partial charge is 0.279 e. The number of halogens is 2. The quantitative estimate of drug-likeness (QED) is 0.857. The number of rotatable bonds is 4. The van der Waals surface area contributed by atoms with E-state index in [0.29, 0.717) is 10.7 Å². The van der Waals surface area contributed by atoms with Crippen molar-refractivity contribution in [3.05, 3.63) is 75.9 Å². The molecule has 0 radical (unpaired) electrons. The summed E-state index contributed by atoms with van der Waals surface area (Å²) < 4.78 is 0. The van der Waals surface area contributed by atoms with Gasteiger partial charge in [-0.3, -0.25) is 14.5 Å². The van der Waals surface area contributed by atoms with Gasteiger partial charge in [0.2, 0.25) is 0 Å². The van der Waals surface area contributed by atoms with Crippen molar-refractivity contribution >= 4 is 40.7 Å². The molecule has 1 N–H and O–H groups in total. The molecule has 23 heavy (non-hydrogen) atoms. The van der Waals surface area contributed by atoms with E-state index in [0.717, 1.165) is 10.5 Å². The van der Waals surface area contributed by atoms with Crippen LogP contribution in [0.1, 0.15) is 5.56 Å². The molecule has 0 saturated carbocycles. The average molecular weight is 347 g/mol. The predicted molar refractivity (Wildman–Crippen MR) is 90.0 cm³/mol. The molecule has 116 valence electrons. The molecule has 0 aliphatic carbocycles. The lowest BCUT2D eigenvalue weighted by Gasteiger charge is -2.15. The van der Waals surface area contributed by atoms with Gasteiger partial charge in [0.15, 0.2) is 0 Å². The minimum atomic E-state index is -0.509. The van der Waals surface area contributed by atoms with Crippen LogP contribution in [0.5, 0.6) is 0 Å². The maximum atomic E-state index is 12.5. The Morgan fingerprint density at radius 2 is 1.52 bits per heavy atom. The van der Waals surface area contributed by atoms with Crippen LogP contribution in [0.4, 0.5) is 5.69 Å². The van der Waals surface area contributed by atoms with Gasteiger partial charge >= 0.3 is 0 Å². The van der Waals surface area contributed by atoms with Gasteiger partial charge in [0, 0.05) is 10.7 Å². The molecule has 2 aromatic rings. The minimum absolute atomic E-state index is 0.0943. The molecule has 0 bridgehead atoms. The van der Waals surface area contributed by atoms with Crippen LogP contribution in [-0.2, 0) is 16.1 Å². The number of para-hydroxylation sites is 1. The topological polar surface area (TPSA) is 49.4 Å². The fraction of sp³-hybridized carbons (Fsp3) is 0.0588. The summed E-state index contributed by atoms with van der Waals surface area (Å²) in [7, 11) is 0. The molecule has 1 heterocycles. The Kier molecular flexibility index (Phi) is 4.37. The summed E-state index contributed by atoms with van der Waals surface area (Å²) in [4.78, 5) is 25.8. The highest BCUT2D eigenvalue weighted by Gasteiger charge is 2.37. The summed E-state index contributed by atoms with van der Waals surface area (Å²) in [5, 5.41) is 3.40. The molecule has 0 fully saturated rings. The maximum absolute atomic E-state index is 12.5. The van der Waals surface area contributed by atoms with Crippen LogP contribution in [-0.4, -0.2) is 16.7 Å². The first kappa shape index (κ1) is 15.6. The molecule has 0 atom stereocenters. The van der Waals surface area contributed by atoms with Crippen molar-refractivity contribution in [2.75, 3.05) is 5.32 Å². The molecular formula is C17H12Cl2N2O2. The summed E-state index contributed by atoms with van der Waals surface area (Å²) >= 11 is 11.9. The number of hydrogen-bond acceptors (Lipinski definition) is 3. The number of benzene rings is 2. The SMILES string of the molecule is O=C1C(Cl)=C(Nc2ccccc2)C(=O)N1Cc1ccc(Cl)cc1. The first-order chi connectivity index (χ1) is 11.1. The van der Waals surface area contributed by atoms with E-state index in [4.69, 9.17) is 23.2 Å². The van der Waals surface area contributed by atoms with Gasteiger partial charge in [-0.05, 0) is 29.8 Å². The fourth-order valence-corrected chi connectivity index (χ4v) is 2.59. The third-order valence-electron chi connectivity index (χ3n) is 3.41. The molecule has 0 spiro atoms. The van der Waals surface area contributed by atoms with Crippen molar-refractivity contribution in [3.8, 4) is 0 Å². The third-order valence-corrected chi connectivity index (χ3v) is 4.01. The fourth-order valence-electron chi connectivity index (χ4n) is 2.24. The second-order valence-electron chi connectivity index (χ2n) is 5.00. The molecule has 6 heteroatoms. The molecule has 0 aromatic heterocycles. The second kappa shape index (κ2) is 6.44. The number of anilines is 1. The average Bonchev–Trinajstić information content (AvgIpc) is 2.76. The number of nitrogens with zero attached hydrogens (tertiary/aromatic N) is 1. The first-order valence-electron chi connectivity index (χ1n) is 6.89. The van der Waals surface area contributed by atoms with Crippen molar-refractivity contribution in [1.82, 2.24) is 4.90 Å². The van der Waals surface area contributed by atoms with Crippen LogP contribution >= 0.6 is 23.2 Å². The largest absolute Gasteiger partial charge is 0.350 e. The number of amides is 2. The lowest BCUT2D eigenvalue weighted by atomic mass is 10.2. The number of hydrogen-bond donors (Lipinski definition) is 1. The lowest BCUT2D eigenvalue weighted by Crippen LogP contribution is -2.31. The highest BCUT2D eigenvalue weighted by molar-refractivity contribution is 6.48. The predicted octanol–water partition coefficient (Wildman–Crippen LogP) is 3.77. The number of carbonyl (C=O) groups is 2. The third kappa shape index (κ3) is 3.23. The van der Waals surface area contributed by atoms with Gasteiger partial charge in [-0.25, -0.2) is 0 Å². The lowest BCUT2D eigenvalue weighted by molar-refractivity contribution is -0.138. The van der Waals surface area contributed by atoms with Crippen molar-refractivity contribution in [2.24, 2.45) is 0 Å². The van der Waals surface area contributed by atoms with Crippen LogP contribution in [0.15, 0.2) is 65.3 Å². The van der Waals surface area contributed by atoms with E-state index < -0.39 is 11.8 Å². The Bertz CT molecular complexity index is 786. The Labute approximate surface area is 143 Å². The van der Waals surface area contributed by atoms with E-state index in [1.807, 2.05) is 18.2 Å². The summed E-state index contributed by atoms with van der Waals surface area (Å²) in [6.07, 6.45) is 0. The van der Waals surface area contributed by atoms with E-state index in [9.17, 15) is 9.59 Å². The van der Waals surface area contributed by atoms with Crippen LogP contribution in [0.2, 0.25) is 5.02 Å². The zero-order valence-electron chi connectivity index (χ0n) is 11.9. The standard InChI is InChI=1S/C17H12Cl2N2O2/c18-12-8-6-11(7-9-12)10-21-16(22)14(19)15(17(21)23)20-13-4-2-1-3-5-13/h1-9,20H,10H2. The van der Waals surface area contributed by atoms with Gasteiger partial charge < -0.3 is 5.32 Å². The Hall–Kier alpha value is -2.30. The Morgan fingerprint density at radius 3 is 2.17 bits per heavy atom. The van der Waals surface area contributed by atoms with E-state index in [1.54, 1.807) is 36.4 Å². The second-order valence-corrected chi connectivity index (χ2v) is 5.82. The van der Waals surface area contributed by atoms with Crippen LogP contribution in [0.25, 0.3) is 0 Å². The van der Waals surface area contributed by atoms with Gasteiger partial charge in [-0.15, -0.1) is 0 Å². The zero-order valence-corrected chi connectivity index (χ0v) is 13.4. The van der Waals surface area contributed by atoms with E-state index >= 15 is 0 Å². The van der Waals surface area contributed by atoms with Gasteiger partial charge in [0.25, 0.3) is 11.8 Å². The molecule has 1 aliphatic rings. The zero-order chi connectivity index (χ0) is 16.4. The molecule has 0 saturated heterocycles. The minimum Gasteiger partial charge on any atom is -0.350 e. The first-order valence-corrected chi connectivity index (χ1v) is 7.64. The van der Waals surface area contributed by atoms with Gasteiger partial charge in [0.05, 0.1) is 6.54 Å². The summed E-state index contributed by atoms with van der Waals surface area (Å²) in [5.74, 6) is -0.955. The van der Waals surface area contributed by atoms with E-state index in [-0.39, 0.29) is 17.3 Å². The van der Waals surface area contributed by atoms with Gasteiger partial charge in [-0.1, -0.05) is 53.5 Å². The molecule has 2 aromatic carbocycles. The van der Waals surface area contributed by atoms with Crippen LogP contribution in [0.3, 0.4) is 0 Å². The van der Waals surface area contributed by atoms with Crippen LogP contribution < -0.4 is 5.32 Å². The van der Waals surface area contributed by atoms with Gasteiger partial charge in [-0.2, -0.15) is 0 Å². The Balaban J connectivity index is 1.80. The maximum Gasteiger partial charge on any atom is 0.279 e. The van der Waals surface area contributed by atoms with E-state index in [2.05, 4.69) is 5.32 Å². The Morgan fingerprint density at radius 1 is 0.870 bits per heavy atom. The summed E-state index contributed by atoms with van der Waals surface area (Å²) in [5.41, 5.74) is 1.58. The monoisotopic (exact) mass is 346 g/mol. The number of carbonyl (C=O) groups excluding carboxylic acids is 2. The van der Waals surface area contributed by atoms with Crippen molar-refractivity contribution < 1.29 is 9.59 Å². The number of nitrogens with one attached hydrogen (secondary N) is 1. The molecule has 4 nitrogen and oxygen atoms in total. The highest BCUT2D eigenvalue weighted by Crippen LogP contribution is 2.27. The van der Waals surface area contributed by atoms with Crippen molar-refractivity contribution in [3.63, 3.8) is 0 Å². The molecule has 3 rings (SSSR count). The summed E-state index contributed by atoms with van der Waals surface area (Å²) in [6, 6.07) is 16.0. The highest BCUT2D eigenvalue weighted by atomic mass is 35.5. The van der Waals surface area contributed by atoms with Gasteiger partial charge in [0.1, 0.15) is 10.7 Å².